The van der Waals surface area contributed by atoms with Crippen molar-refractivity contribution < 1.29 is 13.2 Å². The maximum atomic E-state index is 12.0. The third kappa shape index (κ3) is 10.3. The Balaban J connectivity index is 3.73. The topological polar surface area (TPSA) is 0 Å². The Labute approximate surface area is 117 Å². The predicted molar refractivity (Wildman–Crippen MR) is 76.1 cm³/mol. The molecule has 19 heavy (non-hydrogen) atoms. The lowest BCUT2D eigenvalue weighted by molar-refractivity contribution is -0.135. The number of hydrogen-bond acceptors (Lipinski definition) is 0. The molecule has 0 spiro atoms. The Hall–Kier alpha value is -0.210. The van der Waals surface area contributed by atoms with Crippen LogP contribution in [-0.4, -0.2) is 6.18 Å². The molecule has 116 valence electrons. The molecule has 0 rings (SSSR count). The molecule has 0 nitrogen and oxygen atoms in total. The van der Waals surface area contributed by atoms with Gasteiger partial charge in [0.1, 0.15) is 0 Å². The summed E-state index contributed by atoms with van der Waals surface area (Å²) in [5, 5.41) is 0. The monoisotopic (exact) mass is 280 g/mol. The molecule has 0 aliphatic heterocycles. The highest BCUT2D eigenvalue weighted by atomic mass is 19.4. The average molecular weight is 280 g/mol. The van der Waals surface area contributed by atoms with Gasteiger partial charge in [-0.1, -0.05) is 60.3 Å². The minimum atomic E-state index is -3.98. The first-order chi connectivity index (χ1) is 8.63. The lowest BCUT2D eigenvalue weighted by Gasteiger charge is -2.23. The molecule has 3 atom stereocenters. The minimum absolute atomic E-state index is 0.281. The second-order valence-electron chi connectivity index (χ2n) is 6.61. The summed E-state index contributed by atoms with van der Waals surface area (Å²) in [5.74, 6) is 2.61. The zero-order chi connectivity index (χ0) is 15.1. The van der Waals surface area contributed by atoms with Gasteiger partial charge in [-0.2, -0.15) is 13.2 Å². The van der Waals surface area contributed by atoms with Gasteiger partial charge in [0.05, 0.1) is 0 Å². The summed E-state index contributed by atoms with van der Waals surface area (Å²) in [4.78, 5) is 0. The van der Waals surface area contributed by atoms with E-state index < -0.39 is 12.6 Å². The van der Waals surface area contributed by atoms with Crippen molar-refractivity contribution in [3.05, 3.63) is 0 Å². The SMILES string of the molecule is CC(C)C(C)CCC(C)C(C)CCCCC(F)(F)F. The van der Waals surface area contributed by atoms with E-state index in [0.717, 1.165) is 12.3 Å². The van der Waals surface area contributed by atoms with E-state index in [2.05, 4.69) is 34.6 Å². The highest BCUT2D eigenvalue weighted by molar-refractivity contribution is 4.66. The Morgan fingerprint density at radius 2 is 1.16 bits per heavy atom. The van der Waals surface area contributed by atoms with E-state index in [1.54, 1.807) is 0 Å². The summed E-state index contributed by atoms with van der Waals surface area (Å²) in [6.45, 7) is 11.2. The normalized spacial score (nSPS) is 17.5. The van der Waals surface area contributed by atoms with Crippen molar-refractivity contribution in [2.24, 2.45) is 23.7 Å². The summed E-state index contributed by atoms with van der Waals surface area (Å²) in [7, 11) is 0. The van der Waals surface area contributed by atoms with Crippen molar-refractivity contribution in [1.29, 1.82) is 0 Å². The molecular weight excluding hydrogens is 249 g/mol. The van der Waals surface area contributed by atoms with Crippen molar-refractivity contribution in [1.82, 2.24) is 0 Å². The molecule has 0 amide bonds. The fourth-order valence-corrected chi connectivity index (χ4v) is 2.22. The third-order valence-corrected chi connectivity index (χ3v) is 4.56. The van der Waals surface area contributed by atoms with E-state index in [4.69, 9.17) is 0 Å². The lowest BCUT2D eigenvalue weighted by atomic mass is 9.83. The zero-order valence-corrected chi connectivity index (χ0v) is 13.2. The Morgan fingerprint density at radius 3 is 1.63 bits per heavy atom. The first kappa shape index (κ1) is 18.8. The van der Waals surface area contributed by atoms with Gasteiger partial charge in [0.2, 0.25) is 0 Å². The summed E-state index contributed by atoms with van der Waals surface area (Å²) >= 11 is 0. The molecule has 0 saturated carbocycles. The molecule has 0 saturated heterocycles. The van der Waals surface area contributed by atoms with E-state index in [1.165, 1.54) is 12.8 Å². The number of halogens is 3. The van der Waals surface area contributed by atoms with Crippen LogP contribution in [-0.2, 0) is 0 Å². The Bertz CT molecular complexity index is 221. The van der Waals surface area contributed by atoms with Crippen molar-refractivity contribution in [2.45, 2.75) is 79.3 Å². The van der Waals surface area contributed by atoms with Crippen molar-refractivity contribution in [3.63, 3.8) is 0 Å². The predicted octanol–water partition coefficient (Wildman–Crippen LogP) is 6.45. The number of rotatable bonds is 9. The zero-order valence-electron chi connectivity index (χ0n) is 13.2. The molecule has 3 unspecified atom stereocenters. The highest BCUT2D eigenvalue weighted by Gasteiger charge is 2.26. The highest BCUT2D eigenvalue weighted by Crippen LogP contribution is 2.28. The van der Waals surface area contributed by atoms with Gasteiger partial charge in [-0.15, -0.1) is 0 Å². The fourth-order valence-electron chi connectivity index (χ4n) is 2.22. The maximum absolute atomic E-state index is 12.0. The van der Waals surface area contributed by atoms with Gasteiger partial charge < -0.3 is 0 Å². The van der Waals surface area contributed by atoms with E-state index >= 15 is 0 Å². The number of alkyl halides is 3. The summed E-state index contributed by atoms with van der Waals surface area (Å²) in [6, 6.07) is 0. The van der Waals surface area contributed by atoms with Gasteiger partial charge in [-0.3, -0.25) is 0 Å². The van der Waals surface area contributed by atoms with Gasteiger partial charge in [0.15, 0.2) is 0 Å². The molecule has 0 heterocycles. The molecule has 0 aromatic rings. The Morgan fingerprint density at radius 1 is 0.684 bits per heavy atom. The second kappa shape index (κ2) is 8.86. The summed E-state index contributed by atoms with van der Waals surface area (Å²) in [6.07, 6.45) is -0.285. The van der Waals surface area contributed by atoms with Crippen LogP contribution in [0, 0.1) is 23.7 Å². The number of hydrogen-bond donors (Lipinski definition) is 0. The van der Waals surface area contributed by atoms with Gasteiger partial charge in [-0.05, 0) is 30.1 Å². The summed E-state index contributed by atoms with van der Waals surface area (Å²) < 4.78 is 36.1. The quantitative estimate of drug-likeness (QED) is 0.425. The van der Waals surface area contributed by atoms with Crippen molar-refractivity contribution in [2.75, 3.05) is 0 Å². The second-order valence-corrected chi connectivity index (χ2v) is 6.61. The van der Waals surface area contributed by atoms with E-state index in [1.807, 2.05) is 0 Å². The maximum Gasteiger partial charge on any atom is 0.389 e. The first-order valence-electron chi connectivity index (χ1n) is 7.70. The third-order valence-electron chi connectivity index (χ3n) is 4.56. The molecular formula is C16H31F3. The van der Waals surface area contributed by atoms with Gasteiger partial charge in [0, 0.05) is 6.42 Å². The molecule has 0 aromatic carbocycles. The molecule has 0 radical (unpaired) electrons. The van der Waals surface area contributed by atoms with Crippen LogP contribution < -0.4 is 0 Å². The van der Waals surface area contributed by atoms with Crippen LogP contribution in [0.2, 0.25) is 0 Å². The molecule has 0 N–H and O–H groups in total. The van der Waals surface area contributed by atoms with Gasteiger partial charge >= 0.3 is 6.18 Å². The lowest BCUT2D eigenvalue weighted by Crippen LogP contribution is -2.12. The smallest absolute Gasteiger partial charge is 0.171 e. The molecule has 0 fully saturated rings. The van der Waals surface area contributed by atoms with E-state index in [-0.39, 0.29) is 6.42 Å². The number of unbranched alkanes of at least 4 members (excludes halogenated alkanes) is 1. The van der Waals surface area contributed by atoms with Crippen LogP contribution in [0.5, 0.6) is 0 Å². The van der Waals surface area contributed by atoms with Crippen LogP contribution in [0.25, 0.3) is 0 Å². The van der Waals surface area contributed by atoms with Gasteiger partial charge in [-0.25, -0.2) is 0 Å². The first-order valence-corrected chi connectivity index (χ1v) is 7.70. The Kier molecular flexibility index (Phi) is 8.76. The van der Waals surface area contributed by atoms with E-state index in [9.17, 15) is 13.2 Å². The molecule has 0 aliphatic carbocycles. The van der Waals surface area contributed by atoms with Crippen molar-refractivity contribution >= 4 is 0 Å². The average Bonchev–Trinajstić information content (AvgIpc) is 2.29. The van der Waals surface area contributed by atoms with Crippen LogP contribution in [0.1, 0.15) is 73.1 Å². The molecule has 3 heteroatoms. The van der Waals surface area contributed by atoms with Crippen LogP contribution in [0.3, 0.4) is 0 Å². The summed E-state index contributed by atoms with van der Waals surface area (Å²) in [5.41, 5.74) is 0. The minimum Gasteiger partial charge on any atom is -0.171 e. The van der Waals surface area contributed by atoms with Crippen LogP contribution >= 0.6 is 0 Å². The fraction of sp³-hybridized carbons (Fsp3) is 1.00. The molecule has 0 aromatic heterocycles. The largest absolute Gasteiger partial charge is 0.389 e. The van der Waals surface area contributed by atoms with E-state index in [0.29, 0.717) is 24.2 Å². The van der Waals surface area contributed by atoms with Crippen LogP contribution in [0.15, 0.2) is 0 Å². The molecule has 0 bridgehead atoms. The van der Waals surface area contributed by atoms with Crippen molar-refractivity contribution in [3.8, 4) is 0 Å². The molecule has 0 aliphatic rings. The van der Waals surface area contributed by atoms with Gasteiger partial charge in [0.25, 0.3) is 0 Å². The van der Waals surface area contributed by atoms with Crippen LogP contribution in [0.4, 0.5) is 13.2 Å². The standard InChI is InChI=1S/C16H31F3/c1-12(2)13(3)9-10-15(5)14(4)8-6-7-11-16(17,18)19/h12-15H,6-11H2,1-5H3.